The van der Waals surface area contributed by atoms with Gasteiger partial charge in [0.05, 0.1) is 6.07 Å². The normalized spacial score (nSPS) is 17.1. The molecule has 0 radical (unpaired) electrons. The van der Waals surface area contributed by atoms with E-state index in [9.17, 15) is 14.0 Å². The van der Waals surface area contributed by atoms with E-state index >= 15 is 0 Å². The molecular weight excluding hydrogens is 282 g/mol. The van der Waals surface area contributed by atoms with E-state index in [1.165, 1.54) is 13.8 Å². The molecule has 108 valence electrons. The summed E-state index contributed by atoms with van der Waals surface area (Å²) in [7, 11) is -3.74. The van der Waals surface area contributed by atoms with Crippen LogP contribution in [0.15, 0.2) is 0 Å². The maximum absolute atomic E-state index is 11.2. The highest BCUT2D eigenvalue weighted by molar-refractivity contribution is 7.59. The topological polar surface area (TPSA) is 102 Å². The maximum atomic E-state index is 11.2. The molecule has 0 spiro atoms. The molecule has 3 atom stereocenters. The fraction of sp³-hybridized carbons (Fsp3) is 0.833. The van der Waals surface area contributed by atoms with E-state index in [1.807, 2.05) is 19.1 Å². The van der Waals surface area contributed by atoms with Crippen molar-refractivity contribution < 1.29 is 14.0 Å². The Morgan fingerprint density at radius 3 is 1.79 bits per heavy atom. The Labute approximate surface area is 117 Å². The minimum atomic E-state index is -3.24. The first-order chi connectivity index (χ1) is 8.55. The lowest BCUT2D eigenvalue weighted by atomic mass is 10.1. The van der Waals surface area contributed by atoms with E-state index in [1.54, 1.807) is 13.8 Å². The summed E-state index contributed by atoms with van der Waals surface area (Å²) in [4.78, 5) is 9.18. The van der Waals surface area contributed by atoms with Crippen LogP contribution in [-0.2, 0) is 9.13 Å². The SMILES string of the molecule is CCCC(C)(C#N)[PH+]=O.CCP(=O)(O)C(C)(C)C#N. The largest absolute Gasteiger partial charge is 0.345 e. The fourth-order valence-electron chi connectivity index (χ4n) is 1.10. The van der Waals surface area contributed by atoms with Crippen molar-refractivity contribution in [3.05, 3.63) is 0 Å². The van der Waals surface area contributed by atoms with Gasteiger partial charge in [-0.05, 0) is 20.8 Å². The lowest BCUT2D eigenvalue weighted by molar-refractivity contribution is 0.457. The van der Waals surface area contributed by atoms with Gasteiger partial charge in [-0.2, -0.15) is 10.5 Å². The monoisotopic (exact) mass is 305 g/mol. The Bertz CT molecular complexity index is 424. The van der Waals surface area contributed by atoms with Gasteiger partial charge in [0.25, 0.3) is 0 Å². The van der Waals surface area contributed by atoms with Gasteiger partial charge in [0.2, 0.25) is 12.5 Å². The molecule has 0 rings (SSSR count). The van der Waals surface area contributed by atoms with Crippen LogP contribution in [0.3, 0.4) is 0 Å². The smallest absolute Gasteiger partial charge is 0.343 e. The van der Waals surface area contributed by atoms with Crippen LogP contribution in [0.1, 0.15) is 47.5 Å². The summed E-state index contributed by atoms with van der Waals surface area (Å²) in [5, 5.41) is 15.3. The van der Waals surface area contributed by atoms with Gasteiger partial charge in [-0.25, -0.2) is 0 Å². The van der Waals surface area contributed by atoms with E-state index in [-0.39, 0.29) is 6.16 Å². The average Bonchev–Trinajstić information content (AvgIpc) is 2.39. The molecule has 0 amide bonds. The Morgan fingerprint density at radius 2 is 1.68 bits per heavy atom. The summed E-state index contributed by atoms with van der Waals surface area (Å²) >= 11 is 0. The molecular formula is C12H23N2O3P2+. The van der Waals surface area contributed by atoms with Crippen molar-refractivity contribution in [2.75, 3.05) is 6.16 Å². The van der Waals surface area contributed by atoms with Gasteiger partial charge in [-0.1, -0.05) is 24.8 Å². The molecule has 0 aliphatic heterocycles. The number of nitrogens with zero attached hydrogens (tertiary/aromatic N) is 2. The predicted octanol–water partition coefficient (Wildman–Crippen LogP) is 3.67. The molecule has 0 aromatic carbocycles. The zero-order valence-electron chi connectivity index (χ0n) is 12.2. The van der Waals surface area contributed by atoms with Crippen LogP contribution in [0.25, 0.3) is 0 Å². The number of rotatable bonds is 5. The molecule has 1 N–H and O–H groups in total. The summed E-state index contributed by atoms with van der Waals surface area (Å²) in [6.45, 7) is 8.28. The summed E-state index contributed by atoms with van der Waals surface area (Å²) in [6, 6.07) is 3.85. The molecule has 0 aliphatic carbocycles. The van der Waals surface area contributed by atoms with Gasteiger partial charge >= 0.3 is 8.46 Å². The van der Waals surface area contributed by atoms with Crippen molar-refractivity contribution in [2.24, 2.45) is 0 Å². The van der Waals surface area contributed by atoms with Crippen LogP contribution in [0.4, 0.5) is 0 Å². The minimum Gasteiger partial charge on any atom is -0.343 e. The molecule has 7 heteroatoms. The predicted molar refractivity (Wildman–Crippen MR) is 78.0 cm³/mol. The third-order valence-corrected chi connectivity index (χ3v) is 6.31. The molecule has 0 aliphatic rings. The molecule has 0 aromatic rings. The zero-order valence-corrected chi connectivity index (χ0v) is 14.1. The second-order valence-electron chi connectivity index (χ2n) is 4.98. The highest BCUT2D eigenvalue weighted by Gasteiger charge is 2.37. The Balaban J connectivity index is 0. The number of hydrogen-bond donors (Lipinski definition) is 1. The Hall–Kier alpha value is -0.730. The summed E-state index contributed by atoms with van der Waals surface area (Å²) < 4.78 is 21.5. The fourth-order valence-corrected chi connectivity index (χ4v) is 2.45. The van der Waals surface area contributed by atoms with E-state index in [0.29, 0.717) is 0 Å². The maximum Gasteiger partial charge on any atom is 0.345 e. The van der Waals surface area contributed by atoms with Crippen LogP contribution >= 0.6 is 15.8 Å². The first-order valence-electron chi connectivity index (χ1n) is 6.09. The van der Waals surface area contributed by atoms with Crippen LogP contribution < -0.4 is 0 Å². The molecule has 0 fully saturated rings. The van der Waals surface area contributed by atoms with Gasteiger partial charge in [-0.3, -0.25) is 4.57 Å². The number of nitriles is 2. The molecule has 5 nitrogen and oxygen atoms in total. The van der Waals surface area contributed by atoms with Crippen LogP contribution in [0.2, 0.25) is 0 Å². The molecule has 0 aromatic heterocycles. The van der Waals surface area contributed by atoms with Crippen molar-refractivity contribution in [3.63, 3.8) is 0 Å². The second-order valence-corrected chi connectivity index (χ2v) is 9.45. The van der Waals surface area contributed by atoms with Crippen molar-refractivity contribution in [1.29, 1.82) is 10.5 Å². The molecule has 19 heavy (non-hydrogen) atoms. The lowest BCUT2D eigenvalue weighted by Crippen LogP contribution is -2.18. The summed E-state index contributed by atoms with van der Waals surface area (Å²) in [6.07, 6.45) is 1.80. The van der Waals surface area contributed by atoms with E-state index in [4.69, 9.17) is 10.5 Å². The van der Waals surface area contributed by atoms with Crippen LogP contribution in [0, 0.1) is 22.7 Å². The molecule has 3 unspecified atom stereocenters. The molecule has 0 saturated carbocycles. The third kappa shape index (κ3) is 6.84. The summed E-state index contributed by atoms with van der Waals surface area (Å²) in [5.41, 5.74) is 0. The van der Waals surface area contributed by atoms with Crippen molar-refractivity contribution in [3.8, 4) is 12.1 Å². The Morgan fingerprint density at radius 1 is 1.21 bits per heavy atom. The standard InChI is InChI=1S/C6H12NO2P.C6H10NOP/c1-4-10(8,9)6(2,3)5-7;1-3-4-6(2,5-7)9-8/h4H2,1-3H3,(H,8,9);3-4H2,1-2H3/p+1. The van der Waals surface area contributed by atoms with Gasteiger partial charge < -0.3 is 4.89 Å². The summed E-state index contributed by atoms with van der Waals surface area (Å²) in [5.74, 6) is 0. The number of hydrogen-bond acceptors (Lipinski definition) is 4. The van der Waals surface area contributed by atoms with Gasteiger partial charge in [0.1, 0.15) is 11.2 Å². The van der Waals surface area contributed by atoms with Crippen LogP contribution in [0.5, 0.6) is 0 Å². The molecule has 0 heterocycles. The third-order valence-electron chi connectivity index (χ3n) is 2.80. The van der Waals surface area contributed by atoms with E-state index in [2.05, 4.69) is 0 Å². The average molecular weight is 305 g/mol. The Kier molecular flexibility index (Phi) is 9.15. The molecule has 0 bridgehead atoms. The molecule has 0 saturated heterocycles. The van der Waals surface area contributed by atoms with Gasteiger partial charge in [0.15, 0.2) is 0 Å². The first-order valence-corrected chi connectivity index (χ1v) is 8.84. The van der Waals surface area contributed by atoms with Crippen molar-refractivity contribution in [1.82, 2.24) is 0 Å². The van der Waals surface area contributed by atoms with Gasteiger partial charge in [-0.15, -0.1) is 0 Å². The van der Waals surface area contributed by atoms with Crippen molar-refractivity contribution in [2.45, 2.75) is 57.8 Å². The van der Waals surface area contributed by atoms with E-state index < -0.39 is 26.1 Å². The van der Waals surface area contributed by atoms with E-state index in [0.717, 1.165) is 12.8 Å². The quantitative estimate of drug-likeness (QED) is 0.781. The highest BCUT2D eigenvalue weighted by Crippen LogP contribution is 2.53. The lowest BCUT2D eigenvalue weighted by Gasteiger charge is -2.21. The highest BCUT2D eigenvalue weighted by atomic mass is 31.2. The zero-order chi connectivity index (χ0) is 15.7. The van der Waals surface area contributed by atoms with Crippen molar-refractivity contribution >= 4 is 15.8 Å². The minimum absolute atomic E-state index is 0.160. The second kappa shape index (κ2) is 8.44. The van der Waals surface area contributed by atoms with Gasteiger partial charge in [0, 0.05) is 12.6 Å². The van der Waals surface area contributed by atoms with Crippen LogP contribution in [-0.4, -0.2) is 21.4 Å². The first kappa shape index (κ1) is 20.6.